The van der Waals surface area contributed by atoms with Crippen molar-refractivity contribution in [2.24, 2.45) is 0 Å². The average molecular weight is 393 g/mol. The van der Waals surface area contributed by atoms with Crippen LogP contribution in [-0.2, 0) is 14.6 Å². The molecule has 0 fully saturated rings. The SMILES string of the molecule is COc1ccc2c(c1)C(CC(=O)O)=C(C)C2S(=O)(=O)c1ccc(Cl)cc1. The molecule has 1 unspecified atom stereocenters. The predicted molar refractivity (Wildman–Crippen MR) is 99.2 cm³/mol. The Balaban J connectivity index is 2.20. The van der Waals surface area contributed by atoms with Crippen LogP contribution >= 0.6 is 11.6 Å². The normalized spacial score (nSPS) is 16.5. The maximum absolute atomic E-state index is 13.2. The molecule has 3 rings (SSSR count). The molecule has 1 N–H and O–H groups in total. The smallest absolute Gasteiger partial charge is 0.307 e. The maximum Gasteiger partial charge on any atom is 0.307 e. The second-order valence-electron chi connectivity index (χ2n) is 6.06. The summed E-state index contributed by atoms with van der Waals surface area (Å²) in [4.78, 5) is 11.4. The van der Waals surface area contributed by atoms with Crippen molar-refractivity contribution < 1.29 is 23.1 Å². The highest BCUT2D eigenvalue weighted by molar-refractivity contribution is 7.92. The van der Waals surface area contributed by atoms with E-state index < -0.39 is 21.1 Å². The van der Waals surface area contributed by atoms with Crippen molar-refractivity contribution in [3.8, 4) is 5.75 Å². The minimum absolute atomic E-state index is 0.143. The molecule has 0 aromatic heterocycles. The van der Waals surface area contributed by atoms with E-state index in [9.17, 15) is 18.3 Å². The largest absolute Gasteiger partial charge is 0.497 e. The van der Waals surface area contributed by atoms with Crippen LogP contribution in [0.4, 0.5) is 0 Å². The van der Waals surface area contributed by atoms with E-state index in [4.69, 9.17) is 16.3 Å². The summed E-state index contributed by atoms with van der Waals surface area (Å²) in [7, 11) is -2.25. The Morgan fingerprint density at radius 1 is 1.19 bits per heavy atom. The van der Waals surface area contributed by atoms with Gasteiger partial charge >= 0.3 is 5.97 Å². The van der Waals surface area contributed by atoms with Crippen molar-refractivity contribution in [1.29, 1.82) is 0 Å². The molecular weight excluding hydrogens is 376 g/mol. The lowest BCUT2D eigenvalue weighted by Crippen LogP contribution is -2.13. The number of hydrogen-bond donors (Lipinski definition) is 1. The first kappa shape index (κ1) is 18.5. The van der Waals surface area contributed by atoms with E-state index >= 15 is 0 Å². The van der Waals surface area contributed by atoms with Crippen LogP contribution in [0.5, 0.6) is 5.75 Å². The van der Waals surface area contributed by atoms with Crippen molar-refractivity contribution in [3.05, 3.63) is 64.2 Å². The Labute approximate surface area is 156 Å². The number of sulfone groups is 1. The third-order valence-electron chi connectivity index (χ3n) is 4.52. The molecule has 0 heterocycles. The summed E-state index contributed by atoms with van der Waals surface area (Å²) in [6.07, 6.45) is -0.251. The number of ether oxygens (including phenoxy) is 1. The van der Waals surface area contributed by atoms with Crippen LogP contribution in [0.2, 0.25) is 5.02 Å². The molecule has 1 atom stereocenters. The van der Waals surface area contributed by atoms with Gasteiger partial charge in [-0.1, -0.05) is 17.7 Å². The van der Waals surface area contributed by atoms with Crippen LogP contribution in [0.3, 0.4) is 0 Å². The van der Waals surface area contributed by atoms with Crippen molar-refractivity contribution in [3.63, 3.8) is 0 Å². The van der Waals surface area contributed by atoms with Gasteiger partial charge in [0, 0.05) is 5.02 Å². The van der Waals surface area contributed by atoms with Gasteiger partial charge in [-0.3, -0.25) is 4.79 Å². The molecule has 0 saturated heterocycles. The molecule has 7 heteroatoms. The fourth-order valence-electron chi connectivity index (χ4n) is 3.30. The second kappa shape index (κ2) is 6.78. The maximum atomic E-state index is 13.2. The quantitative estimate of drug-likeness (QED) is 0.827. The number of methoxy groups -OCH3 is 1. The van der Waals surface area contributed by atoms with Crippen molar-refractivity contribution >= 4 is 33.0 Å². The highest BCUT2D eigenvalue weighted by Crippen LogP contribution is 2.48. The first-order valence-corrected chi connectivity index (χ1v) is 9.77. The summed E-state index contributed by atoms with van der Waals surface area (Å²) in [6.45, 7) is 1.67. The summed E-state index contributed by atoms with van der Waals surface area (Å²) in [5.74, 6) is -0.471. The number of fused-ring (bicyclic) bond motifs is 1. The molecule has 0 spiro atoms. The summed E-state index contributed by atoms with van der Waals surface area (Å²) in [6, 6.07) is 11.0. The zero-order valence-electron chi connectivity index (χ0n) is 14.2. The van der Waals surface area contributed by atoms with Gasteiger partial charge in [0.25, 0.3) is 0 Å². The number of benzene rings is 2. The standard InChI is InChI=1S/C19H17ClO5S/c1-11-16(10-18(21)22)17-9-13(25-2)5-8-15(17)19(11)26(23,24)14-6-3-12(20)4-7-14/h3-9,19H,10H2,1-2H3,(H,21,22). The van der Waals surface area contributed by atoms with E-state index in [-0.39, 0.29) is 11.3 Å². The number of hydrogen-bond acceptors (Lipinski definition) is 4. The molecule has 0 radical (unpaired) electrons. The summed E-state index contributed by atoms with van der Waals surface area (Å²) < 4.78 is 31.7. The molecule has 2 aromatic rings. The molecule has 26 heavy (non-hydrogen) atoms. The summed E-state index contributed by atoms with van der Waals surface area (Å²) in [5, 5.41) is 8.76. The van der Waals surface area contributed by atoms with Crippen LogP contribution in [0.25, 0.3) is 5.57 Å². The number of rotatable bonds is 5. The average Bonchev–Trinajstić information content (AvgIpc) is 2.86. The minimum Gasteiger partial charge on any atom is -0.497 e. The van der Waals surface area contributed by atoms with Crippen molar-refractivity contribution in [2.45, 2.75) is 23.5 Å². The molecule has 0 aliphatic heterocycles. The fourth-order valence-corrected chi connectivity index (χ4v) is 5.36. The molecule has 1 aliphatic carbocycles. The number of aliphatic carboxylic acids is 1. The van der Waals surface area contributed by atoms with Gasteiger partial charge in [0.1, 0.15) is 11.0 Å². The van der Waals surface area contributed by atoms with Gasteiger partial charge < -0.3 is 9.84 Å². The Morgan fingerprint density at radius 3 is 2.42 bits per heavy atom. The van der Waals surface area contributed by atoms with Crippen LogP contribution < -0.4 is 4.74 Å². The molecule has 5 nitrogen and oxygen atoms in total. The predicted octanol–water partition coefficient (Wildman–Crippen LogP) is 4.13. The minimum atomic E-state index is -3.76. The summed E-state index contributed by atoms with van der Waals surface area (Å²) in [5.41, 5.74) is 2.20. The lowest BCUT2D eigenvalue weighted by atomic mass is 10.0. The topological polar surface area (TPSA) is 80.7 Å². The van der Waals surface area contributed by atoms with E-state index in [2.05, 4.69) is 0 Å². The number of carbonyl (C=O) groups is 1. The molecule has 136 valence electrons. The highest BCUT2D eigenvalue weighted by atomic mass is 35.5. The third kappa shape index (κ3) is 3.10. The van der Waals surface area contributed by atoms with E-state index in [1.807, 2.05) is 0 Å². The Morgan fingerprint density at radius 2 is 1.85 bits per heavy atom. The zero-order chi connectivity index (χ0) is 19.1. The monoisotopic (exact) mass is 392 g/mol. The van der Waals surface area contributed by atoms with Crippen LogP contribution in [-0.4, -0.2) is 26.6 Å². The first-order chi connectivity index (χ1) is 12.3. The van der Waals surface area contributed by atoms with Gasteiger partial charge in [-0.15, -0.1) is 0 Å². The first-order valence-electron chi connectivity index (χ1n) is 7.85. The Kier molecular flexibility index (Phi) is 4.82. The number of halogens is 1. The fraction of sp³-hybridized carbons (Fsp3) is 0.211. The molecule has 0 saturated carbocycles. The molecule has 0 bridgehead atoms. The van der Waals surface area contributed by atoms with Gasteiger partial charge in [-0.05, 0) is 65.6 Å². The molecule has 2 aromatic carbocycles. The summed E-state index contributed by atoms with van der Waals surface area (Å²) >= 11 is 5.86. The van der Waals surface area contributed by atoms with Crippen molar-refractivity contribution in [2.75, 3.05) is 7.11 Å². The lowest BCUT2D eigenvalue weighted by molar-refractivity contribution is -0.135. The van der Waals surface area contributed by atoms with Gasteiger partial charge in [0.2, 0.25) is 0 Å². The van der Waals surface area contributed by atoms with Crippen LogP contribution in [0.1, 0.15) is 29.7 Å². The van der Waals surface area contributed by atoms with Gasteiger partial charge in [-0.2, -0.15) is 0 Å². The molecule has 1 aliphatic rings. The highest BCUT2D eigenvalue weighted by Gasteiger charge is 2.39. The van der Waals surface area contributed by atoms with Crippen LogP contribution in [0, 0.1) is 0 Å². The zero-order valence-corrected chi connectivity index (χ0v) is 15.8. The molecular formula is C19H17ClO5S. The van der Waals surface area contributed by atoms with E-state index in [0.717, 1.165) is 0 Å². The Bertz CT molecular complexity index is 1010. The second-order valence-corrected chi connectivity index (χ2v) is 8.53. The van der Waals surface area contributed by atoms with E-state index in [1.165, 1.54) is 31.4 Å². The van der Waals surface area contributed by atoms with E-state index in [1.54, 1.807) is 25.1 Å². The lowest BCUT2D eigenvalue weighted by Gasteiger charge is -2.16. The van der Waals surface area contributed by atoms with Crippen molar-refractivity contribution in [1.82, 2.24) is 0 Å². The van der Waals surface area contributed by atoms with Crippen LogP contribution in [0.15, 0.2) is 52.9 Å². The third-order valence-corrected chi connectivity index (χ3v) is 6.93. The Hall–Kier alpha value is -2.31. The number of carboxylic acid groups (broad SMARTS) is 1. The molecule has 0 amide bonds. The van der Waals surface area contributed by atoms with Gasteiger partial charge in [0.15, 0.2) is 9.84 Å². The van der Waals surface area contributed by atoms with E-state index in [0.29, 0.717) is 33.0 Å². The number of carboxylic acids is 1. The van der Waals surface area contributed by atoms with Gasteiger partial charge in [0.05, 0.1) is 18.4 Å². The van der Waals surface area contributed by atoms with Gasteiger partial charge in [-0.25, -0.2) is 8.42 Å².